The van der Waals surface area contributed by atoms with Crippen LogP contribution in [-0.4, -0.2) is 62.3 Å². The first-order valence-corrected chi connectivity index (χ1v) is 9.42. The van der Waals surface area contributed by atoms with Crippen molar-refractivity contribution in [2.45, 2.75) is 73.0 Å². The van der Waals surface area contributed by atoms with Gasteiger partial charge in [-0.25, -0.2) is 0 Å². The Hall–Kier alpha value is -0.0800. The number of nitrogens with one attached hydrogen (secondary N) is 2. The van der Waals surface area contributed by atoms with Crippen LogP contribution in [0.25, 0.3) is 0 Å². The SMILES string of the molecule is CCNC(=NCCCOC(C)C)NC(C)CCCN(CC)CC.I. The van der Waals surface area contributed by atoms with Crippen molar-refractivity contribution < 1.29 is 4.74 Å². The van der Waals surface area contributed by atoms with Crippen LogP contribution in [0.5, 0.6) is 0 Å². The monoisotopic (exact) mass is 456 g/mol. The van der Waals surface area contributed by atoms with Crippen LogP contribution in [0.3, 0.4) is 0 Å². The number of guanidine groups is 1. The van der Waals surface area contributed by atoms with Gasteiger partial charge >= 0.3 is 0 Å². The molecular weight excluding hydrogens is 415 g/mol. The summed E-state index contributed by atoms with van der Waals surface area (Å²) in [5, 5.41) is 6.83. The Morgan fingerprint density at radius 3 is 2.29 bits per heavy atom. The highest BCUT2D eigenvalue weighted by Gasteiger charge is 2.06. The van der Waals surface area contributed by atoms with Gasteiger partial charge in [0.1, 0.15) is 0 Å². The third kappa shape index (κ3) is 15.4. The van der Waals surface area contributed by atoms with E-state index in [0.29, 0.717) is 12.1 Å². The molecule has 0 fully saturated rings. The van der Waals surface area contributed by atoms with Crippen molar-refractivity contribution in [2.75, 3.05) is 39.3 Å². The van der Waals surface area contributed by atoms with E-state index in [9.17, 15) is 0 Å². The second-order valence-electron chi connectivity index (χ2n) is 6.25. The predicted molar refractivity (Wildman–Crippen MR) is 117 cm³/mol. The highest BCUT2D eigenvalue weighted by molar-refractivity contribution is 14.0. The lowest BCUT2D eigenvalue weighted by molar-refractivity contribution is 0.0782. The van der Waals surface area contributed by atoms with Gasteiger partial charge in [0.05, 0.1) is 6.10 Å². The molecule has 0 heterocycles. The Morgan fingerprint density at radius 1 is 1.08 bits per heavy atom. The zero-order valence-electron chi connectivity index (χ0n) is 16.7. The van der Waals surface area contributed by atoms with Gasteiger partial charge in [-0.1, -0.05) is 13.8 Å². The van der Waals surface area contributed by atoms with Gasteiger partial charge in [-0.3, -0.25) is 4.99 Å². The summed E-state index contributed by atoms with van der Waals surface area (Å²) in [6, 6.07) is 0.440. The third-order valence-electron chi connectivity index (χ3n) is 3.76. The normalized spacial score (nSPS) is 13.1. The van der Waals surface area contributed by atoms with Gasteiger partial charge in [0.15, 0.2) is 5.96 Å². The van der Waals surface area contributed by atoms with Crippen LogP contribution in [-0.2, 0) is 4.74 Å². The Labute approximate surface area is 167 Å². The molecule has 0 spiro atoms. The van der Waals surface area contributed by atoms with E-state index in [2.05, 4.69) is 62.1 Å². The molecule has 0 saturated heterocycles. The molecule has 0 radical (unpaired) electrons. The Bertz CT molecular complexity index is 297. The van der Waals surface area contributed by atoms with E-state index in [1.54, 1.807) is 0 Å². The second kappa shape index (κ2) is 17.7. The maximum atomic E-state index is 5.55. The molecule has 0 saturated carbocycles. The van der Waals surface area contributed by atoms with E-state index >= 15 is 0 Å². The molecule has 0 aromatic heterocycles. The van der Waals surface area contributed by atoms with Crippen molar-refractivity contribution in [3.05, 3.63) is 0 Å². The first-order valence-electron chi connectivity index (χ1n) is 9.42. The molecule has 0 aromatic rings. The Balaban J connectivity index is 0. The largest absolute Gasteiger partial charge is 0.379 e. The lowest BCUT2D eigenvalue weighted by Gasteiger charge is -2.21. The van der Waals surface area contributed by atoms with Gasteiger partial charge in [-0.05, 0) is 66.6 Å². The van der Waals surface area contributed by atoms with Crippen LogP contribution in [0.2, 0.25) is 0 Å². The number of hydrogen-bond donors (Lipinski definition) is 2. The third-order valence-corrected chi connectivity index (χ3v) is 3.76. The molecule has 1 atom stereocenters. The zero-order chi connectivity index (χ0) is 17.5. The summed E-state index contributed by atoms with van der Waals surface area (Å²) >= 11 is 0. The molecule has 1 unspecified atom stereocenters. The molecule has 0 amide bonds. The smallest absolute Gasteiger partial charge is 0.191 e. The molecule has 146 valence electrons. The number of nitrogens with zero attached hydrogens (tertiary/aromatic N) is 2. The maximum Gasteiger partial charge on any atom is 0.191 e. The molecule has 5 nitrogen and oxygen atoms in total. The van der Waals surface area contributed by atoms with Crippen LogP contribution < -0.4 is 10.6 Å². The number of aliphatic imine (C=N–C) groups is 1. The van der Waals surface area contributed by atoms with Crippen molar-refractivity contribution in [3.63, 3.8) is 0 Å². The molecule has 0 aliphatic carbocycles. The summed E-state index contributed by atoms with van der Waals surface area (Å²) in [5.41, 5.74) is 0. The first-order chi connectivity index (χ1) is 11.0. The van der Waals surface area contributed by atoms with E-state index in [1.165, 1.54) is 13.0 Å². The van der Waals surface area contributed by atoms with Crippen molar-refractivity contribution >= 4 is 29.9 Å². The summed E-state index contributed by atoms with van der Waals surface area (Å²) < 4.78 is 5.55. The molecule has 6 heteroatoms. The van der Waals surface area contributed by atoms with Crippen LogP contribution in [0.4, 0.5) is 0 Å². The summed E-state index contributed by atoms with van der Waals surface area (Å²) in [5.74, 6) is 0.924. The number of ether oxygens (including phenoxy) is 1. The van der Waals surface area contributed by atoms with Gasteiger partial charge in [0.25, 0.3) is 0 Å². The fraction of sp³-hybridized carbons (Fsp3) is 0.944. The molecule has 0 bridgehead atoms. The molecule has 0 aromatic carbocycles. The quantitative estimate of drug-likeness (QED) is 0.193. The van der Waals surface area contributed by atoms with Gasteiger partial charge in [-0.2, -0.15) is 0 Å². The second-order valence-corrected chi connectivity index (χ2v) is 6.25. The summed E-state index contributed by atoms with van der Waals surface area (Å²) in [7, 11) is 0. The van der Waals surface area contributed by atoms with Gasteiger partial charge in [0.2, 0.25) is 0 Å². The van der Waals surface area contributed by atoms with Crippen molar-refractivity contribution in [2.24, 2.45) is 4.99 Å². The lowest BCUT2D eigenvalue weighted by atomic mass is 10.2. The topological polar surface area (TPSA) is 48.9 Å². The average Bonchev–Trinajstić information content (AvgIpc) is 2.51. The van der Waals surface area contributed by atoms with Crippen molar-refractivity contribution in [1.82, 2.24) is 15.5 Å². The fourth-order valence-corrected chi connectivity index (χ4v) is 2.36. The predicted octanol–water partition coefficient (Wildman–Crippen LogP) is 3.49. The van der Waals surface area contributed by atoms with Crippen LogP contribution in [0.15, 0.2) is 4.99 Å². The molecule has 0 rings (SSSR count). The van der Waals surface area contributed by atoms with Gasteiger partial charge < -0.3 is 20.3 Å². The Morgan fingerprint density at radius 2 is 1.75 bits per heavy atom. The minimum absolute atomic E-state index is 0. The number of rotatable bonds is 13. The van der Waals surface area contributed by atoms with E-state index < -0.39 is 0 Å². The van der Waals surface area contributed by atoms with Gasteiger partial charge in [0, 0.05) is 25.7 Å². The van der Waals surface area contributed by atoms with E-state index in [0.717, 1.165) is 51.6 Å². The van der Waals surface area contributed by atoms with Crippen LogP contribution in [0.1, 0.15) is 60.8 Å². The average molecular weight is 456 g/mol. The minimum Gasteiger partial charge on any atom is -0.379 e. The molecular formula is C18H41IN4O. The molecule has 0 aliphatic rings. The van der Waals surface area contributed by atoms with E-state index in [-0.39, 0.29) is 24.0 Å². The minimum atomic E-state index is 0. The number of halogens is 1. The lowest BCUT2D eigenvalue weighted by Crippen LogP contribution is -2.42. The van der Waals surface area contributed by atoms with E-state index in [4.69, 9.17) is 4.74 Å². The van der Waals surface area contributed by atoms with Gasteiger partial charge in [-0.15, -0.1) is 24.0 Å². The molecule has 0 aliphatic heterocycles. The zero-order valence-corrected chi connectivity index (χ0v) is 19.1. The van der Waals surface area contributed by atoms with Crippen molar-refractivity contribution in [1.29, 1.82) is 0 Å². The number of hydrogen-bond acceptors (Lipinski definition) is 3. The highest BCUT2D eigenvalue weighted by Crippen LogP contribution is 2.00. The summed E-state index contributed by atoms with van der Waals surface area (Å²) in [6.45, 7) is 18.8. The molecule has 24 heavy (non-hydrogen) atoms. The van der Waals surface area contributed by atoms with E-state index in [1.807, 2.05) is 0 Å². The highest BCUT2D eigenvalue weighted by atomic mass is 127. The summed E-state index contributed by atoms with van der Waals surface area (Å²) in [6.07, 6.45) is 3.65. The molecule has 2 N–H and O–H groups in total. The standard InChI is InChI=1S/C18H40N4O.HI/c1-7-19-18(20-13-11-15-23-16(4)5)21-17(6)12-10-14-22(8-2)9-3;/h16-17H,7-15H2,1-6H3,(H2,19,20,21);1H. The van der Waals surface area contributed by atoms with Crippen LogP contribution >= 0.6 is 24.0 Å². The maximum absolute atomic E-state index is 5.55. The first kappa shape index (κ1) is 26.2. The Kier molecular flexibility index (Phi) is 19.3. The fourth-order valence-electron chi connectivity index (χ4n) is 2.36. The van der Waals surface area contributed by atoms with Crippen molar-refractivity contribution in [3.8, 4) is 0 Å². The van der Waals surface area contributed by atoms with Crippen LogP contribution in [0, 0.1) is 0 Å². The summed E-state index contributed by atoms with van der Waals surface area (Å²) in [4.78, 5) is 7.10.